The highest BCUT2D eigenvalue weighted by Gasteiger charge is 2.53. The first kappa shape index (κ1) is 24.3. The predicted octanol–water partition coefficient (Wildman–Crippen LogP) is -3.28. The van der Waals surface area contributed by atoms with Crippen LogP contribution < -0.4 is 22.7 Å². The molecule has 1 fully saturated rings. The van der Waals surface area contributed by atoms with Crippen LogP contribution in [-0.2, 0) is 14.6 Å². The third kappa shape index (κ3) is 5.88. The van der Waals surface area contributed by atoms with Gasteiger partial charge in [-0.15, -0.1) is 12.6 Å². The van der Waals surface area contributed by atoms with Gasteiger partial charge in [-0.1, -0.05) is 6.42 Å². The van der Waals surface area contributed by atoms with E-state index in [4.69, 9.17) is 26.4 Å². The van der Waals surface area contributed by atoms with Gasteiger partial charge in [-0.05, 0) is 19.4 Å². The number of aromatic amines is 1. The Morgan fingerprint density at radius 1 is 1.39 bits per heavy atom. The van der Waals surface area contributed by atoms with Crippen molar-refractivity contribution < 1.29 is 30.0 Å². The maximum Gasteiger partial charge on any atom is 0.331 e. The Morgan fingerprint density at radius 2 is 2.04 bits per heavy atom. The van der Waals surface area contributed by atoms with Crippen molar-refractivity contribution in [2.24, 2.45) is 11.5 Å². The molecular weight excluding hydrogens is 396 g/mol. The number of aromatic nitrogens is 2. The quantitative estimate of drug-likeness (QED) is 0.162. The fraction of sp³-hybridized carbons (Fsp3) is 0.667. The van der Waals surface area contributed by atoms with E-state index in [1.807, 2.05) is 4.98 Å². The number of hydrogen-bond donors (Lipinski definition) is 8. The summed E-state index contributed by atoms with van der Waals surface area (Å²) in [6, 6.07) is 0.334. The normalized spacial score (nSPS) is 27.7. The summed E-state index contributed by atoms with van der Waals surface area (Å²) in [6.07, 6.45) is -0.759. The van der Waals surface area contributed by atoms with Gasteiger partial charge in [0.2, 0.25) is 5.06 Å². The number of aliphatic hydroxyl groups is 3. The number of nitrogens with one attached hydrogen (secondary N) is 1. The Kier molecular flexibility index (Phi) is 9.29. The molecule has 1 aromatic rings. The molecule has 1 aromatic heterocycles. The number of nitrogens with zero attached hydrogens (tertiary/aromatic N) is 1. The van der Waals surface area contributed by atoms with Crippen molar-refractivity contribution >= 4 is 18.6 Å². The van der Waals surface area contributed by atoms with Gasteiger partial charge in [0.25, 0.3) is 5.56 Å². The molecule has 0 spiro atoms. The van der Waals surface area contributed by atoms with Crippen LogP contribution in [0.1, 0.15) is 19.3 Å². The zero-order chi connectivity index (χ0) is 21.5. The lowest BCUT2D eigenvalue weighted by Crippen LogP contribution is -2.47. The summed E-state index contributed by atoms with van der Waals surface area (Å²) in [6.45, 7) is 0.0605. The molecule has 13 heteroatoms. The average molecular weight is 422 g/mol. The molecule has 1 aliphatic rings. The van der Waals surface area contributed by atoms with Crippen LogP contribution in [0.4, 0.5) is 0 Å². The number of thiol groups is 1. The van der Waals surface area contributed by atoms with Gasteiger partial charge in [-0.3, -0.25) is 19.1 Å². The number of hydrogen-bond acceptors (Lipinski definition) is 10. The minimum atomic E-state index is -1.85. The van der Waals surface area contributed by atoms with Crippen LogP contribution in [0.5, 0.6) is 0 Å². The second-order valence-corrected chi connectivity index (χ2v) is 6.78. The van der Waals surface area contributed by atoms with Gasteiger partial charge < -0.3 is 36.6 Å². The summed E-state index contributed by atoms with van der Waals surface area (Å²) in [7, 11) is 0. The Morgan fingerprint density at radius 3 is 2.50 bits per heavy atom. The zero-order valence-corrected chi connectivity index (χ0v) is 15.9. The highest BCUT2D eigenvalue weighted by molar-refractivity contribution is 7.81. The van der Waals surface area contributed by atoms with Crippen LogP contribution in [0.25, 0.3) is 0 Å². The fourth-order valence-electron chi connectivity index (χ4n) is 2.43. The Bertz CT molecular complexity index is 756. The topological polar surface area (TPSA) is 214 Å². The highest BCUT2D eigenvalue weighted by atomic mass is 32.1. The van der Waals surface area contributed by atoms with Gasteiger partial charge in [0, 0.05) is 12.3 Å². The van der Waals surface area contributed by atoms with E-state index in [1.54, 1.807) is 0 Å². The van der Waals surface area contributed by atoms with E-state index in [2.05, 4.69) is 12.6 Å². The first-order valence-electron chi connectivity index (χ1n) is 8.46. The molecule has 1 aliphatic heterocycles. The number of aliphatic hydroxyl groups excluding tert-OH is 3. The molecule has 28 heavy (non-hydrogen) atoms. The predicted molar refractivity (Wildman–Crippen MR) is 101 cm³/mol. The molecule has 1 saturated heterocycles. The number of rotatable bonds is 7. The minimum absolute atomic E-state index is 0.520. The lowest BCUT2D eigenvalue weighted by atomic mass is 10.1. The van der Waals surface area contributed by atoms with Crippen molar-refractivity contribution in [3.05, 3.63) is 33.1 Å². The molecule has 0 saturated carbocycles. The first-order valence-corrected chi connectivity index (χ1v) is 8.91. The standard InChI is InChI=1S/C9H12N2O6S.C6H14N2O2/c12-3-4-6(14)7(15)9(18,17-4)11-2-1-5(13)10-8(11)16;7-4-2-1-3-5(8)6(9)10/h1-2,4,6-7,12,14-15,18H,3H2,(H,10,13,16);5H,1-4,7-8H2,(H,9,10)/t4-,6-,7-,9+;/m1./s1. The van der Waals surface area contributed by atoms with E-state index in [0.29, 0.717) is 13.0 Å². The van der Waals surface area contributed by atoms with Crippen molar-refractivity contribution in [1.29, 1.82) is 0 Å². The smallest absolute Gasteiger partial charge is 0.331 e. The number of carboxylic acid groups (broad SMARTS) is 1. The van der Waals surface area contributed by atoms with E-state index in [9.17, 15) is 24.6 Å². The highest BCUT2D eigenvalue weighted by Crippen LogP contribution is 2.37. The monoisotopic (exact) mass is 422 g/mol. The molecule has 5 atom stereocenters. The molecule has 9 N–H and O–H groups in total. The van der Waals surface area contributed by atoms with Crippen molar-refractivity contribution in [3.8, 4) is 0 Å². The number of nitrogens with two attached hydrogens (primary N) is 2. The number of carboxylic acids is 1. The Hall–Kier alpha value is -1.74. The summed E-state index contributed by atoms with van der Waals surface area (Å²) in [5.74, 6) is -0.933. The summed E-state index contributed by atoms with van der Waals surface area (Å²) in [5, 5.41) is 34.9. The van der Waals surface area contributed by atoms with E-state index in [-0.39, 0.29) is 0 Å². The van der Waals surface area contributed by atoms with Crippen molar-refractivity contribution in [2.45, 2.75) is 48.7 Å². The van der Waals surface area contributed by atoms with Gasteiger partial charge in [0.1, 0.15) is 24.4 Å². The second kappa shape index (κ2) is 10.7. The van der Waals surface area contributed by atoms with Gasteiger partial charge in [-0.2, -0.15) is 0 Å². The first-order chi connectivity index (χ1) is 13.1. The van der Waals surface area contributed by atoms with Crippen LogP contribution in [0.3, 0.4) is 0 Å². The molecule has 160 valence electrons. The largest absolute Gasteiger partial charge is 0.480 e. The summed E-state index contributed by atoms with van der Waals surface area (Å²) >= 11 is 4.04. The number of aliphatic carboxylic acids is 1. The minimum Gasteiger partial charge on any atom is -0.480 e. The molecule has 0 bridgehead atoms. The molecule has 12 nitrogen and oxygen atoms in total. The van der Waals surface area contributed by atoms with Crippen LogP contribution in [0, 0.1) is 0 Å². The van der Waals surface area contributed by atoms with E-state index in [0.717, 1.165) is 29.7 Å². The van der Waals surface area contributed by atoms with E-state index in [1.165, 1.54) is 0 Å². The van der Waals surface area contributed by atoms with Gasteiger partial charge in [0.05, 0.1) is 6.61 Å². The summed E-state index contributed by atoms with van der Waals surface area (Å²) in [5.41, 5.74) is 8.96. The van der Waals surface area contributed by atoms with Crippen molar-refractivity contribution in [1.82, 2.24) is 9.55 Å². The number of unbranched alkanes of at least 4 members (excludes halogenated alkanes) is 1. The van der Waals surface area contributed by atoms with Gasteiger partial charge >= 0.3 is 11.7 Å². The molecule has 2 rings (SSSR count). The molecule has 1 unspecified atom stereocenters. The van der Waals surface area contributed by atoms with Crippen LogP contribution in [0.15, 0.2) is 21.9 Å². The maximum absolute atomic E-state index is 11.6. The number of carbonyl (C=O) groups is 1. The van der Waals surface area contributed by atoms with E-state index >= 15 is 0 Å². The summed E-state index contributed by atoms with van der Waals surface area (Å²) < 4.78 is 6.02. The lowest BCUT2D eigenvalue weighted by molar-refractivity contribution is -0.138. The second-order valence-electron chi connectivity index (χ2n) is 6.14. The molecule has 0 radical (unpaired) electrons. The maximum atomic E-state index is 11.6. The third-order valence-corrected chi connectivity index (χ3v) is 4.64. The molecular formula is C15H26N4O8S. The van der Waals surface area contributed by atoms with Crippen molar-refractivity contribution in [3.63, 3.8) is 0 Å². The summed E-state index contributed by atoms with van der Waals surface area (Å²) in [4.78, 5) is 34.7. The van der Waals surface area contributed by atoms with Gasteiger partial charge in [0.15, 0.2) is 0 Å². The Balaban J connectivity index is 0.000000336. The third-order valence-electron chi connectivity index (χ3n) is 4.05. The van der Waals surface area contributed by atoms with Crippen LogP contribution >= 0.6 is 12.6 Å². The number of ether oxygens (including phenoxy) is 1. The van der Waals surface area contributed by atoms with Gasteiger partial charge in [-0.25, -0.2) is 4.79 Å². The molecule has 0 aromatic carbocycles. The van der Waals surface area contributed by atoms with E-state index < -0.39 is 53.2 Å². The molecule has 0 amide bonds. The average Bonchev–Trinajstić information content (AvgIpc) is 2.86. The lowest BCUT2D eigenvalue weighted by Gasteiger charge is -2.28. The van der Waals surface area contributed by atoms with Crippen molar-refractivity contribution in [2.75, 3.05) is 13.2 Å². The molecule has 2 heterocycles. The molecule has 0 aliphatic carbocycles. The van der Waals surface area contributed by atoms with Crippen LogP contribution in [0.2, 0.25) is 0 Å². The SMILES string of the molecule is NCCCCC(N)C(=O)O.O=c1ccn([C@]2(S)O[C@H](CO)[C@@H](O)[C@H]2O)c(=O)[nH]1. The fourth-order valence-corrected chi connectivity index (χ4v) is 2.88. The van der Waals surface area contributed by atoms with Crippen LogP contribution in [-0.4, -0.2) is 73.5 Å². The number of H-pyrrole nitrogens is 1. The zero-order valence-electron chi connectivity index (χ0n) is 15.0. The Labute approximate surface area is 165 Å².